The monoisotopic (exact) mass is 244 g/mol. The van der Waals surface area contributed by atoms with E-state index >= 15 is 0 Å². The van der Waals surface area contributed by atoms with Crippen molar-refractivity contribution in [2.24, 2.45) is 5.92 Å². The van der Waals surface area contributed by atoms with Crippen molar-refractivity contribution in [3.63, 3.8) is 0 Å². The minimum atomic E-state index is 0.0314. The van der Waals surface area contributed by atoms with E-state index in [9.17, 15) is 4.79 Å². The normalized spacial score (nSPS) is 17.0. The molecule has 1 amide bonds. The Kier molecular flexibility index (Phi) is 7.96. The smallest absolute Gasteiger partial charge is 0.220 e. The van der Waals surface area contributed by atoms with Crippen LogP contribution in [0.25, 0.3) is 0 Å². The van der Waals surface area contributed by atoms with Crippen molar-refractivity contribution in [2.45, 2.75) is 25.7 Å². The van der Waals surface area contributed by atoms with Crippen LogP contribution in [0.2, 0.25) is 0 Å². The van der Waals surface area contributed by atoms with Gasteiger partial charge in [-0.25, -0.2) is 0 Å². The van der Waals surface area contributed by atoms with Crippen molar-refractivity contribution in [3.05, 3.63) is 0 Å². The Bertz CT molecular complexity index is 206. The van der Waals surface area contributed by atoms with Crippen LogP contribution >= 0.6 is 0 Å². The molecule has 0 radical (unpaired) electrons. The quantitative estimate of drug-likeness (QED) is 0.521. The fourth-order valence-corrected chi connectivity index (χ4v) is 2.02. The third kappa shape index (κ3) is 7.31. The molecule has 0 aromatic heterocycles. The molecular weight excluding hydrogens is 220 g/mol. The zero-order chi connectivity index (χ0) is 12.3. The summed E-state index contributed by atoms with van der Waals surface area (Å²) < 4.78 is 5.05. The van der Waals surface area contributed by atoms with Gasteiger partial charge < -0.3 is 20.5 Å². The van der Waals surface area contributed by atoms with Gasteiger partial charge in [0.25, 0.3) is 0 Å². The van der Waals surface area contributed by atoms with E-state index in [2.05, 4.69) is 10.6 Å². The summed E-state index contributed by atoms with van der Waals surface area (Å²) in [5.41, 5.74) is 0. The molecule has 0 unspecified atom stereocenters. The number of carbonyl (C=O) groups excluding carboxylic acids is 1. The lowest BCUT2D eigenvalue weighted by Crippen LogP contribution is -2.30. The zero-order valence-electron chi connectivity index (χ0n) is 10.4. The summed E-state index contributed by atoms with van der Waals surface area (Å²) in [6.07, 6.45) is 3.98. The van der Waals surface area contributed by atoms with Gasteiger partial charge in [-0.3, -0.25) is 4.79 Å². The second-order valence-electron chi connectivity index (χ2n) is 4.42. The van der Waals surface area contributed by atoms with Crippen LogP contribution in [0, 0.1) is 5.92 Å². The molecule has 17 heavy (non-hydrogen) atoms. The van der Waals surface area contributed by atoms with Crippen molar-refractivity contribution < 1.29 is 14.6 Å². The fraction of sp³-hybridized carbons (Fsp3) is 0.917. The first-order valence-electron chi connectivity index (χ1n) is 6.49. The van der Waals surface area contributed by atoms with Gasteiger partial charge >= 0.3 is 0 Å². The Morgan fingerprint density at radius 1 is 1.35 bits per heavy atom. The van der Waals surface area contributed by atoms with Crippen LogP contribution in [0.1, 0.15) is 25.7 Å². The molecule has 0 spiro atoms. The van der Waals surface area contributed by atoms with Gasteiger partial charge in [0.2, 0.25) is 5.91 Å². The predicted molar refractivity (Wildman–Crippen MR) is 65.7 cm³/mol. The molecule has 1 aliphatic rings. The maximum Gasteiger partial charge on any atom is 0.220 e. The van der Waals surface area contributed by atoms with E-state index in [1.54, 1.807) is 0 Å². The molecule has 5 heteroatoms. The Labute approximate surface area is 103 Å². The van der Waals surface area contributed by atoms with Crippen LogP contribution in [-0.4, -0.2) is 50.5 Å². The number of piperidine rings is 1. The first-order chi connectivity index (χ1) is 8.33. The Hall–Kier alpha value is -0.650. The lowest BCUT2D eigenvalue weighted by Gasteiger charge is -2.22. The second-order valence-corrected chi connectivity index (χ2v) is 4.42. The molecule has 0 atom stereocenters. The first kappa shape index (κ1) is 14.4. The van der Waals surface area contributed by atoms with Crippen molar-refractivity contribution in [2.75, 3.05) is 39.5 Å². The zero-order valence-corrected chi connectivity index (χ0v) is 10.4. The van der Waals surface area contributed by atoms with Crippen LogP contribution in [0.4, 0.5) is 0 Å². The summed E-state index contributed by atoms with van der Waals surface area (Å²) in [5.74, 6) is 0.809. The molecular formula is C12H24N2O3. The van der Waals surface area contributed by atoms with Gasteiger partial charge in [0.05, 0.1) is 19.8 Å². The van der Waals surface area contributed by atoms with Crippen LogP contribution < -0.4 is 10.6 Å². The number of hydrogen-bond donors (Lipinski definition) is 3. The molecule has 1 heterocycles. The molecule has 0 saturated carbocycles. The number of hydrogen-bond acceptors (Lipinski definition) is 4. The molecule has 0 aromatic rings. The molecule has 1 fully saturated rings. The van der Waals surface area contributed by atoms with Gasteiger partial charge in [-0.1, -0.05) is 0 Å². The largest absolute Gasteiger partial charge is 0.394 e. The number of nitrogens with one attached hydrogen (secondary N) is 2. The minimum absolute atomic E-state index is 0.0314. The Morgan fingerprint density at radius 2 is 2.12 bits per heavy atom. The van der Waals surface area contributed by atoms with Crippen molar-refractivity contribution in [1.29, 1.82) is 0 Å². The fourth-order valence-electron chi connectivity index (χ4n) is 2.02. The number of amides is 1. The van der Waals surface area contributed by atoms with Gasteiger partial charge in [-0.05, 0) is 38.3 Å². The summed E-state index contributed by atoms with van der Waals surface area (Å²) in [5, 5.41) is 14.6. The number of rotatable bonds is 8. The number of aliphatic hydroxyl groups is 1. The van der Waals surface area contributed by atoms with Gasteiger partial charge in [0.1, 0.15) is 0 Å². The Morgan fingerprint density at radius 3 is 2.82 bits per heavy atom. The molecule has 100 valence electrons. The van der Waals surface area contributed by atoms with Crippen LogP contribution in [0.5, 0.6) is 0 Å². The number of ether oxygens (including phenoxy) is 1. The van der Waals surface area contributed by atoms with Crippen molar-refractivity contribution >= 4 is 5.91 Å². The maximum atomic E-state index is 11.5. The highest BCUT2D eigenvalue weighted by molar-refractivity contribution is 5.75. The Balaban J connectivity index is 1.93. The van der Waals surface area contributed by atoms with Gasteiger partial charge in [-0.2, -0.15) is 0 Å². The molecule has 1 saturated heterocycles. The van der Waals surface area contributed by atoms with Gasteiger partial charge in [0.15, 0.2) is 0 Å². The summed E-state index contributed by atoms with van der Waals surface area (Å²) in [4.78, 5) is 11.5. The minimum Gasteiger partial charge on any atom is -0.394 e. The topological polar surface area (TPSA) is 70.6 Å². The highest BCUT2D eigenvalue weighted by Gasteiger charge is 2.14. The maximum absolute atomic E-state index is 11.5. The summed E-state index contributed by atoms with van der Waals surface area (Å²) >= 11 is 0. The van der Waals surface area contributed by atoms with Gasteiger partial charge in [-0.15, -0.1) is 0 Å². The van der Waals surface area contributed by atoms with Crippen LogP contribution in [0.3, 0.4) is 0 Å². The highest BCUT2D eigenvalue weighted by atomic mass is 16.5. The molecule has 1 aliphatic heterocycles. The van der Waals surface area contributed by atoms with Crippen LogP contribution in [-0.2, 0) is 9.53 Å². The number of carbonyl (C=O) groups is 1. The third-order valence-corrected chi connectivity index (χ3v) is 3.04. The average molecular weight is 244 g/mol. The SMILES string of the molecule is O=C(CCC1CCNCC1)NCCOCCO. The first-order valence-corrected chi connectivity index (χ1v) is 6.49. The average Bonchev–Trinajstić information content (AvgIpc) is 2.37. The summed E-state index contributed by atoms with van der Waals surface area (Å²) in [6.45, 7) is 3.54. The van der Waals surface area contributed by atoms with Crippen molar-refractivity contribution in [3.8, 4) is 0 Å². The van der Waals surface area contributed by atoms with E-state index in [0.29, 0.717) is 32.1 Å². The van der Waals surface area contributed by atoms with Crippen LogP contribution in [0.15, 0.2) is 0 Å². The number of aliphatic hydroxyl groups excluding tert-OH is 1. The molecule has 0 aromatic carbocycles. The van der Waals surface area contributed by atoms with E-state index in [1.807, 2.05) is 0 Å². The standard InChI is InChI=1S/C12H24N2O3/c15-8-10-17-9-7-14-12(16)2-1-11-3-5-13-6-4-11/h11,13,15H,1-10H2,(H,14,16). The van der Waals surface area contributed by atoms with E-state index < -0.39 is 0 Å². The van der Waals surface area contributed by atoms with E-state index in [0.717, 1.165) is 19.5 Å². The predicted octanol–water partition coefficient (Wildman–Crippen LogP) is -0.109. The lowest BCUT2D eigenvalue weighted by molar-refractivity contribution is -0.121. The molecule has 1 rings (SSSR count). The second kappa shape index (κ2) is 9.39. The molecule has 3 N–H and O–H groups in total. The summed E-state index contributed by atoms with van der Waals surface area (Å²) in [6, 6.07) is 0. The van der Waals surface area contributed by atoms with Crippen molar-refractivity contribution in [1.82, 2.24) is 10.6 Å². The molecule has 0 aliphatic carbocycles. The third-order valence-electron chi connectivity index (χ3n) is 3.04. The van der Waals surface area contributed by atoms with E-state index in [4.69, 9.17) is 9.84 Å². The van der Waals surface area contributed by atoms with E-state index in [-0.39, 0.29) is 12.5 Å². The lowest BCUT2D eigenvalue weighted by atomic mass is 9.93. The van der Waals surface area contributed by atoms with Gasteiger partial charge in [0, 0.05) is 13.0 Å². The molecule has 0 bridgehead atoms. The molecule has 5 nitrogen and oxygen atoms in total. The summed E-state index contributed by atoms with van der Waals surface area (Å²) in [7, 11) is 0. The highest BCUT2D eigenvalue weighted by Crippen LogP contribution is 2.17. The van der Waals surface area contributed by atoms with E-state index in [1.165, 1.54) is 12.8 Å².